The molecule has 2 aliphatic rings. The standard InChI is InChI=1S/C18H25NO2/c1-2-11-19-12-3-4-17(13-19)21-16-9-7-15(8-10-16)18(20)14-5-6-14/h7-10,14,17H,2-6,11-13H2,1H3. The summed E-state index contributed by atoms with van der Waals surface area (Å²) >= 11 is 0. The van der Waals surface area contributed by atoms with E-state index in [1.807, 2.05) is 24.3 Å². The molecule has 0 amide bonds. The number of hydrogen-bond acceptors (Lipinski definition) is 3. The van der Waals surface area contributed by atoms with Gasteiger partial charge in [-0.1, -0.05) is 6.92 Å². The van der Waals surface area contributed by atoms with Gasteiger partial charge in [0.15, 0.2) is 5.78 Å². The molecule has 1 aromatic rings. The Morgan fingerprint density at radius 2 is 2.00 bits per heavy atom. The van der Waals surface area contributed by atoms with Crippen LogP contribution in [-0.2, 0) is 0 Å². The Morgan fingerprint density at radius 1 is 1.24 bits per heavy atom. The van der Waals surface area contributed by atoms with Gasteiger partial charge in [0.25, 0.3) is 0 Å². The molecule has 1 saturated carbocycles. The number of ketones is 1. The van der Waals surface area contributed by atoms with Crippen LogP contribution in [0.5, 0.6) is 5.75 Å². The van der Waals surface area contributed by atoms with Crippen LogP contribution in [0.1, 0.15) is 49.4 Å². The van der Waals surface area contributed by atoms with Crippen molar-refractivity contribution in [3.05, 3.63) is 29.8 Å². The summed E-state index contributed by atoms with van der Waals surface area (Å²) in [7, 11) is 0. The summed E-state index contributed by atoms with van der Waals surface area (Å²) in [5.74, 6) is 1.48. The number of carbonyl (C=O) groups excluding carboxylic acids is 1. The first-order chi connectivity index (χ1) is 10.3. The van der Waals surface area contributed by atoms with E-state index in [1.54, 1.807) is 0 Å². The van der Waals surface area contributed by atoms with Crippen molar-refractivity contribution in [1.29, 1.82) is 0 Å². The minimum Gasteiger partial charge on any atom is -0.489 e. The SMILES string of the molecule is CCCN1CCCC(Oc2ccc(C(=O)C3CC3)cc2)C1. The van der Waals surface area contributed by atoms with Gasteiger partial charge in [-0.3, -0.25) is 9.69 Å². The fourth-order valence-electron chi connectivity index (χ4n) is 3.10. The van der Waals surface area contributed by atoms with Crippen LogP contribution in [0.4, 0.5) is 0 Å². The molecule has 1 aromatic carbocycles. The first-order valence-electron chi connectivity index (χ1n) is 8.29. The summed E-state index contributed by atoms with van der Waals surface area (Å²) in [4.78, 5) is 14.5. The molecular formula is C18H25NO2. The van der Waals surface area contributed by atoms with Gasteiger partial charge in [0.1, 0.15) is 11.9 Å². The Morgan fingerprint density at radius 3 is 2.67 bits per heavy atom. The highest BCUT2D eigenvalue weighted by atomic mass is 16.5. The lowest BCUT2D eigenvalue weighted by Crippen LogP contribution is -2.41. The summed E-state index contributed by atoms with van der Waals surface area (Å²) in [6.45, 7) is 5.61. The highest BCUT2D eigenvalue weighted by Gasteiger charge is 2.30. The third kappa shape index (κ3) is 3.85. The zero-order valence-electron chi connectivity index (χ0n) is 12.9. The number of carbonyl (C=O) groups is 1. The van der Waals surface area contributed by atoms with E-state index in [0.717, 1.165) is 43.7 Å². The summed E-state index contributed by atoms with van der Waals surface area (Å²) in [5.41, 5.74) is 0.834. The van der Waals surface area contributed by atoms with Crippen LogP contribution in [0.25, 0.3) is 0 Å². The molecule has 1 atom stereocenters. The van der Waals surface area contributed by atoms with E-state index in [1.165, 1.54) is 19.4 Å². The molecule has 2 fully saturated rings. The summed E-state index contributed by atoms with van der Waals surface area (Å²) in [6.07, 6.45) is 5.95. The zero-order chi connectivity index (χ0) is 14.7. The molecule has 1 heterocycles. The quantitative estimate of drug-likeness (QED) is 0.750. The van der Waals surface area contributed by atoms with Crippen molar-refractivity contribution in [2.45, 2.75) is 45.1 Å². The van der Waals surface area contributed by atoms with Gasteiger partial charge in [0.2, 0.25) is 0 Å². The van der Waals surface area contributed by atoms with Crippen molar-refractivity contribution in [2.24, 2.45) is 5.92 Å². The molecule has 21 heavy (non-hydrogen) atoms. The minimum atomic E-state index is 0.287. The van der Waals surface area contributed by atoms with E-state index in [0.29, 0.717) is 5.78 Å². The first-order valence-corrected chi connectivity index (χ1v) is 8.29. The Balaban J connectivity index is 1.55. The molecule has 0 bridgehead atoms. The molecule has 0 spiro atoms. The number of ether oxygens (including phenoxy) is 1. The maximum absolute atomic E-state index is 12.0. The van der Waals surface area contributed by atoms with Crippen molar-refractivity contribution in [3.8, 4) is 5.75 Å². The second-order valence-electron chi connectivity index (χ2n) is 6.35. The number of benzene rings is 1. The van der Waals surface area contributed by atoms with Gasteiger partial charge in [0, 0.05) is 18.0 Å². The highest BCUT2D eigenvalue weighted by molar-refractivity contribution is 5.99. The minimum absolute atomic E-state index is 0.287. The van der Waals surface area contributed by atoms with Crippen molar-refractivity contribution >= 4 is 5.78 Å². The molecule has 1 saturated heterocycles. The van der Waals surface area contributed by atoms with Crippen LogP contribution in [0.3, 0.4) is 0 Å². The Hall–Kier alpha value is -1.35. The van der Waals surface area contributed by atoms with Crippen molar-refractivity contribution in [3.63, 3.8) is 0 Å². The molecule has 1 aliphatic heterocycles. The topological polar surface area (TPSA) is 29.5 Å². The van der Waals surface area contributed by atoms with Gasteiger partial charge in [-0.25, -0.2) is 0 Å². The van der Waals surface area contributed by atoms with Crippen molar-refractivity contribution in [1.82, 2.24) is 4.90 Å². The van der Waals surface area contributed by atoms with Crippen LogP contribution in [-0.4, -0.2) is 36.4 Å². The van der Waals surface area contributed by atoms with Crippen LogP contribution in [0.2, 0.25) is 0 Å². The Bertz CT molecular complexity index is 476. The second kappa shape index (κ2) is 6.61. The monoisotopic (exact) mass is 287 g/mol. The molecular weight excluding hydrogens is 262 g/mol. The molecule has 3 heteroatoms. The van der Waals surface area contributed by atoms with Crippen LogP contribution in [0, 0.1) is 5.92 Å². The van der Waals surface area contributed by atoms with E-state index in [4.69, 9.17) is 4.74 Å². The zero-order valence-corrected chi connectivity index (χ0v) is 12.9. The summed E-state index contributed by atoms with van der Waals surface area (Å²) < 4.78 is 6.09. The predicted molar refractivity (Wildman–Crippen MR) is 83.9 cm³/mol. The smallest absolute Gasteiger partial charge is 0.165 e. The van der Waals surface area contributed by atoms with Gasteiger partial charge >= 0.3 is 0 Å². The molecule has 1 aliphatic carbocycles. The van der Waals surface area contributed by atoms with E-state index in [-0.39, 0.29) is 12.0 Å². The number of Topliss-reactive ketones (excluding diaryl/α,β-unsaturated/α-hetero) is 1. The van der Waals surface area contributed by atoms with Gasteiger partial charge < -0.3 is 4.74 Å². The average molecular weight is 287 g/mol. The van der Waals surface area contributed by atoms with E-state index < -0.39 is 0 Å². The van der Waals surface area contributed by atoms with Gasteiger partial charge in [-0.2, -0.15) is 0 Å². The number of nitrogens with zero attached hydrogens (tertiary/aromatic N) is 1. The molecule has 0 radical (unpaired) electrons. The Kier molecular flexibility index (Phi) is 4.59. The van der Waals surface area contributed by atoms with Gasteiger partial charge in [-0.05, 0) is 69.5 Å². The number of rotatable bonds is 6. The third-order valence-corrected chi connectivity index (χ3v) is 4.39. The maximum atomic E-state index is 12.0. The fraction of sp³-hybridized carbons (Fsp3) is 0.611. The van der Waals surface area contributed by atoms with Crippen LogP contribution >= 0.6 is 0 Å². The lowest BCUT2D eigenvalue weighted by Gasteiger charge is -2.32. The number of hydrogen-bond donors (Lipinski definition) is 0. The highest BCUT2D eigenvalue weighted by Crippen LogP contribution is 2.33. The average Bonchev–Trinajstić information content (AvgIpc) is 3.33. The van der Waals surface area contributed by atoms with E-state index >= 15 is 0 Å². The third-order valence-electron chi connectivity index (χ3n) is 4.39. The van der Waals surface area contributed by atoms with E-state index in [2.05, 4.69) is 11.8 Å². The fourth-order valence-corrected chi connectivity index (χ4v) is 3.10. The summed E-state index contributed by atoms with van der Waals surface area (Å²) in [5, 5.41) is 0. The number of piperidine rings is 1. The number of likely N-dealkylation sites (tertiary alicyclic amines) is 1. The maximum Gasteiger partial charge on any atom is 0.165 e. The lowest BCUT2D eigenvalue weighted by atomic mass is 10.1. The second-order valence-corrected chi connectivity index (χ2v) is 6.35. The Labute approximate surface area is 127 Å². The molecule has 0 N–H and O–H groups in total. The largest absolute Gasteiger partial charge is 0.489 e. The van der Waals surface area contributed by atoms with Crippen molar-refractivity contribution in [2.75, 3.05) is 19.6 Å². The predicted octanol–water partition coefficient (Wildman–Crippen LogP) is 3.53. The summed E-state index contributed by atoms with van der Waals surface area (Å²) in [6, 6.07) is 7.74. The molecule has 3 nitrogen and oxygen atoms in total. The van der Waals surface area contributed by atoms with Crippen LogP contribution < -0.4 is 4.74 Å². The normalized spacial score (nSPS) is 23.0. The lowest BCUT2D eigenvalue weighted by molar-refractivity contribution is 0.0886. The van der Waals surface area contributed by atoms with Gasteiger partial charge in [0.05, 0.1) is 0 Å². The van der Waals surface area contributed by atoms with Crippen molar-refractivity contribution < 1.29 is 9.53 Å². The first kappa shape index (κ1) is 14.6. The molecule has 1 unspecified atom stereocenters. The van der Waals surface area contributed by atoms with Crippen LogP contribution in [0.15, 0.2) is 24.3 Å². The molecule has 0 aromatic heterocycles. The molecule has 3 rings (SSSR count). The molecule has 114 valence electrons. The van der Waals surface area contributed by atoms with E-state index in [9.17, 15) is 4.79 Å². The van der Waals surface area contributed by atoms with Gasteiger partial charge in [-0.15, -0.1) is 0 Å².